The van der Waals surface area contributed by atoms with Crippen molar-refractivity contribution in [3.05, 3.63) is 52.2 Å². The lowest BCUT2D eigenvalue weighted by Gasteiger charge is -2.34. The number of carbonyl (C=O) groups is 1. The molecular weight excluding hydrogens is 308 g/mol. The fourth-order valence-corrected chi connectivity index (χ4v) is 3.49. The highest BCUT2D eigenvalue weighted by Crippen LogP contribution is 2.14. The molecule has 1 saturated heterocycles. The highest BCUT2D eigenvalue weighted by molar-refractivity contribution is 7.07. The maximum Gasteiger partial charge on any atom is 0.227 e. The van der Waals surface area contributed by atoms with Gasteiger partial charge in [-0.3, -0.25) is 9.69 Å². The lowest BCUT2D eigenvalue weighted by atomic mass is 10.1. The molecular formula is C18H22N2O2S. The number of benzene rings is 1. The summed E-state index contributed by atoms with van der Waals surface area (Å²) in [6.07, 6.45) is 0.467. The molecule has 0 aliphatic carbocycles. The smallest absolute Gasteiger partial charge is 0.227 e. The first kappa shape index (κ1) is 16.0. The SMILES string of the molecule is COc1ccc(CC(=O)N2CCN(Cc3ccsc3)CC2)cc1. The normalized spacial score (nSPS) is 15.6. The molecule has 3 rings (SSSR count). The summed E-state index contributed by atoms with van der Waals surface area (Å²) in [5.41, 5.74) is 2.41. The van der Waals surface area contributed by atoms with Gasteiger partial charge >= 0.3 is 0 Å². The quantitative estimate of drug-likeness (QED) is 0.845. The van der Waals surface area contributed by atoms with Gasteiger partial charge in [-0.15, -0.1) is 0 Å². The van der Waals surface area contributed by atoms with Crippen LogP contribution in [-0.2, 0) is 17.8 Å². The lowest BCUT2D eigenvalue weighted by Crippen LogP contribution is -2.48. The van der Waals surface area contributed by atoms with Crippen LogP contribution in [0.15, 0.2) is 41.1 Å². The molecule has 4 nitrogen and oxygen atoms in total. The van der Waals surface area contributed by atoms with E-state index < -0.39 is 0 Å². The average molecular weight is 330 g/mol. The van der Waals surface area contributed by atoms with Gasteiger partial charge in [0.15, 0.2) is 0 Å². The first-order valence-corrected chi connectivity index (χ1v) is 8.83. The molecule has 1 aromatic carbocycles. The van der Waals surface area contributed by atoms with Crippen LogP contribution in [0.3, 0.4) is 0 Å². The topological polar surface area (TPSA) is 32.8 Å². The molecule has 1 aliphatic heterocycles. The summed E-state index contributed by atoms with van der Waals surface area (Å²) in [6.45, 7) is 4.52. The number of amides is 1. The molecule has 23 heavy (non-hydrogen) atoms. The zero-order valence-electron chi connectivity index (χ0n) is 13.4. The Morgan fingerprint density at radius 1 is 1.09 bits per heavy atom. The van der Waals surface area contributed by atoms with Crippen molar-refractivity contribution in [3.63, 3.8) is 0 Å². The fourth-order valence-electron chi connectivity index (χ4n) is 2.83. The molecule has 0 saturated carbocycles. The lowest BCUT2D eigenvalue weighted by molar-refractivity contribution is -0.132. The minimum absolute atomic E-state index is 0.213. The van der Waals surface area contributed by atoms with Gasteiger partial charge in [0.05, 0.1) is 13.5 Å². The van der Waals surface area contributed by atoms with Crippen LogP contribution in [0.1, 0.15) is 11.1 Å². The second-order valence-corrected chi connectivity index (χ2v) is 6.59. The highest BCUT2D eigenvalue weighted by Gasteiger charge is 2.21. The Bertz CT molecular complexity index is 617. The number of ether oxygens (including phenoxy) is 1. The molecule has 5 heteroatoms. The molecule has 1 aromatic heterocycles. The number of hydrogen-bond acceptors (Lipinski definition) is 4. The summed E-state index contributed by atoms with van der Waals surface area (Å²) in [7, 11) is 1.65. The van der Waals surface area contributed by atoms with Gasteiger partial charge in [-0.2, -0.15) is 11.3 Å². The monoisotopic (exact) mass is 330 g/mol. The molecule has 0 spiro atoms. The highest BCUT2D eigenvalue weighted by atomic mass is 32.1. The van der Waals surface area contributed by atoms with Gasteiger partial charge in [-0.05, 0) is 40.1 Å². The summed E-state index contributed by atoms with van der Waals surface area (Å²) in [4.78, 5) is 16.8. The predicted octanol–water partition coefficient (Wildman–Crippen LogP) is 2.64. The van der Waals surface area contributed by atoms with E-state index in [4.69, 9.17) is 4.74 Å². The number of methoxy groups -OCH3 is 1. The average Bonchev–Trinajstić information content (AvgIpc) is 3.09. The van der Waals surface area contributed by atoms with Crippen molar-refractivity contribution in [2.45, 2.75) is 13.0 Å². The molecule has 0 radical (unpaired) electrons. The van der Waals surface area contributed by atoms with Crippen LogP contribution >= 0.6 is 11.3 Å². The third-order valence-electron chi connectivity index (χ3n) is 4.23. The van der Waals surface area contributed by atoms with Crippen LogP contribution in [0.25, 0.3) is 0 Å². The summed E-state index contributed by atoms with van der Waals surface area (Å²) in [5.74, 6) is 1.04. The van der Waals surface area contributed by atoms with Gasteiger partial charge in [-0.25, -0.2) is 0 Å². The van der Waals surface area contributed by atoms with Gasteiger partial charge in [0.2, 0.25) is 5.91 Å². The molecule has 0 N–H and O–H groups in total. The summed E-state index contributed by atoms with van der Waals surface area (Å²) in [6, 6.07) is 9.90. The van der Waals surface area contributed by atoms with Crippen LogP contribution in [0.2, 0.25) is 0 Å². The van der Waals surface area contributed by atoms with Crippen LogP contribution < -0.4 is 4.74 Å². The van der Waals surface area contributed by atoms with Gasteiger partial charge < -0.3 is 9.64 Å². The Morgan fingerprint density at radius 2 is 1.83 bits per heavy atom. The zero-order chi connectivity index (χ0) is 16.1. The Kier molecular flexibility index (Phi) is 5.31. The summed E-state index contributed by atoms with van der Waals surface area (Å²) >= 11 is 1.74. The van der Waals surface area contributed by atoms with Crippen molar-refractivity contribution >= 4 is 17.2 Å². The molecule has 122 valence electrons. The minimum Gasteiger partial charge on any atom is -0.497 e. The molecule has 0 unspecified atom stereocenters. The maximum atomic E-state index is 12.4. The number of piperazine rings is 1. The Balaban J connectivity index is 1.47. The van der Waals surface area contributed by atoms with E-state index in [1.165, 1.54) is 5.56 Å². The number of nitrogens with zero attached hydrogens (tertiary/aromatic N) is 2. The first-order chi connectivity index (χ1) is 11.2. The second-order valence-electron chi connectivity index (χ2n) is 5.81. The van der Waals surface area contributed by atoms with Crippen molar-refractivity contribution in [2.24, 2.45) is 0 Å². The maximum absolute atomic E-state index is 12.4. The van der Waals surface area contributed by atoms with E-state index in [9.17, 15) is 4.79 Å². The standard InChI is InChI=1S/C18H22N2O2S/c1-22-17-4-2-15(3-5-17)12-18(21)20-9-7-19(8-10-20)13-16-6-11-23-14-16/h2-6,11,14H,7-10,12-13H2,1H3. The van der Waals surface area contributed by atoms with Gasteiger partial charge in [-0.1, -0.05) is 12.1 Å². The van der Waals surface area contributed by atoms with Crippen molar-refractivity contribution in [1.82, 2.24) is 9.80 Å². The van der Waals surface area contributed by atoms with E-state index in [1.54, 1.807) is 18.4 Å². The first-order valence-electron chi connectivity index (χ1n) is 7.89. The van der Waals surface area contributed by atoms with Crippen LogP contribution in [0.5, 0.6) is 5.75 Å². The van der Waals surface area contributed by atoms with Gasteiger partial charge in [0.25, 0.3) is 0 Å². The number of carbonyl (C=O) groups excluding carboxylic acids is 1. The molecule has 1 aliphatic rings. The number of rotatable bonds is 5. The van der Waals surface area contributed by atoms with E-state index >= 15 is 0 Å². The Morgan fingerprint density at radius 3 is 2.43 bits per heavy atom. The van der Waals surface area contributed by atoms with E-state index in [-0.39, 0.29) is 5.91 Å². The zero-order valence-corrected chi connectivity index (χ0v) is 14.2. The minimum atomic E-state index is 0.213. The molecule has 2 heterocycles. The number of hydrogen-bond donors (Lipinski definition) is 0. The molecule has 1 amide bonds. The van der Waals surface area contributed by atoms with Crippen LogP contribution in [0, 0.1) is 0 Å². The van der Waals surface area contributed by atoms with E-state index in [2.05, 4.69) is 21.7 Å². The Labute approximate surface area is 141 Å². The van der Waals surface area contributed by atoms with Gasteiger partial charge in [0, 0.05) is 32.7 Å². The fraction of sp³-hybridized carbons (Fsp3) is 0.389. The van der Waals surface area contributed by atoms with Crippen LogP contribution in [0.4, 0.5) is 0 Å². The predicted molar refractivity (Wildman–Crippen MR) is 92.9 cm³/mol. The largest absolute Gasteiger partial charge is 0.497 e. The third-order valence-corrected chi connectivity index (χ3v) is 4.96. The van der Waals surface area contributed by atoms with E-state index in [1.807, 2.05) is 29.2 Å². The Hall–Kier alpha value is -1.85. The van der Waals surface area contributed by atoms with Crippen molar-refractivity contribution < 1.29 is 9.53 Å². The summed E-state index contributed by atoms with van der Waals surface area (Å²) < 4.78 is 5.15. The van der Waals surface area contributed by atoms with E-state index in [0.717, 1.165) is 44.0 Å². The molecule has 2 aromatic rings. The molecule has 0 bridgehead atoms. The second kappa shape index (κ2) is 7.62. The van der Waals surface area contributed by atoms with Crippen molar-refractivity contribution in [3.8, 4) is 5.75 Å². The molecule has 1 fully saturated rings. The van der Waals surface area contributed by atoms with Crippen LogP contribution in [-0.4, -0.2) is 49.0 Å². The third kappa shape index (κ3) is 4.33. The number of thiophene rings is 1. The van der Waals surface area contributed by atoms with Crippen molar-refractivity contribution in [1.29, 1.82) is 0 Å². The summed E-state index contributed by atoms with van der Waals surface area (Å²) in [5, 5.41) is 4.31. The van der Waals surface area contributed by atoms with E-state index in [0.29, 0.717) is 6.42 Å². The van der Waals surface area contributed by atoms with Crippen molar-refractivity contribution in [2.75, 3.05) is 33.3 Å². The molecule has 0 atom stereocenters. The van der Waals surface area contributed by atoms with Gasteiger partial charge in [0.1, 0.15) is 5.75 Å².